The summed E-state index contributed by atoms with van der Waals surface area (Å²) in [5.74, 6) is 0.642. The first-order valence-electron chi connectivity index (χ1n) is 6.22. The van der Waals surface area contributed by atoms with E-state index in [-0.39, 0.29) is 6.10 Å². The molecule has 1 aliphatic heterocycles. The molecule has 3 nitrogen and oxygen atoms in total. The van der Waals surface area contributed by atoms with Gasteiger partial charge in [0.1, 0.15) is 0 Å². The minimum absolute atomic E-state index is 0.236. The van der Waals surface area contributed by atoms with E-state index in [0.29, 0.717) is 12.0 Å². The van der Waals surface area contributed by atoms with E-state index < -0.39 is 0 Å². The Kier molecular flexibility index (Phi) is 6.22. The second-order valence-corrected chi connectivity index (χ2v) is 4.35. The lowest BCUT2D eigenvalue weighted by Gasteiger charge is -2.34. The van der Waals surface area contributed by atoms with Crippen LogP contribution >= 0.6 is 0 Å². The summed E-state index contributed by atoms with van der Waals surface area (Å²) >= 11 is 0. The van der Waals surface area contributed by atoms with E-state index in [2.05, 4.69) is 26.1 Å². The van der Waals surface area contributed by atoms with Crippen molar-refractivity contribution >= 4 is 0 Å². The van der Waals surface area contributed by atoms with Gasteiger partial charge in [-0.2, -0.15) is 0 Å². The van der Waals surface area contributed by atoms with Gasteiger partial charge in [-0.1, -0.05) is 27.2 Å². The largest absolute Gasteiger partial charge is 0.376 e. The Hall–Kier alpha value is -0.120. The highest BCUT2D eigenvalue weighted by molar-refractivity contribution is 4.82. The quantitative estimate of drug-likeness (QED) is 0.733. The van der Waals surface area contributed by atoms with Crippen molar-refractivity contribution in [2.24, 2.45) is 5.92 Å². The highest BCUT2D eigenvalue weighted by atomic mass is 16.6. The van der Waals surface area contributed by atoms with E-state index in [0.717, 1.165) is 26.4 Å². The maximum atomic E-state index is 5.77. The van der Waals surface area contributed by atoms with Crippen LogP contribution in [0.1, 0.15) is 33.6 Å². The molecule has 3 atom stereocenters. The van der Waals surface area contributed by atoms with Gasteiger partial charge < -0.3 is 14.8 Å². The molecule has 0 aromatic carbocycles. The summed E-state index contributed by atoms with van der Waals surface area (Å²) in [5.41, 5.74) is 0. The van der Waals surface area contributed by atoms with E-state index in [9.17, 15) is 0 Å². The second kappa shape index (κ2) is 7.20. The van der Waals surface area contributed by atoms with Crippen LogP contribution in [0.5, 0.6) is 0 Å². The Labute approximate surface area is 93.5 Å². The summed E-state index contributed by atoms with van der Waals surface area (Å²) in [7, 11) is 0. The van der Waals surface area contributed by atoms with E-state index in [1.165, 1.54) is 12.8 Å². The lowest BCUT2D eigenvalue weighted by molar-refractivity contribution is -0.108. The molecule has 3 unspecified atom stereocenters. The summed E-state index contributed by atoms with van der Waals surface area (Å²) in [6.45, 7) is 10.0. The van der Waals surface area contributed by atoms with Crippen molar-refractivity contribution in [3.63, 3.8) is 0 Å². The topological polar surface area (TPSA) is 30.5 Å². The van der Waals surface area contributed by atoms with Crippen molar-refractivity contribution in [1.29, 1.82) is 0 Å². The van der Waals surface area contributed by atoms with Crippen molar-refractivity contribution in [2.75, 3.05) is 26.4 Å². The van der Waals surface area contributed by atoms with E-state index in [1.54, 1.807) is 0 Å². The molecule has 1 fully saturated rings. The third-order valence-corrected chi connectivity index (χ3v) is 3.13. The van der Waals surface area contributed by atoms with Gasteiger partial charge in [0, 0.05) is 6.04 Å². The highest BCUT2D eigenvalue weighted by Gasteiger charge is 2.28. The molecule has 0 spiro atoms. The fourth-order valence-corrected chi connectivity index (χ4v) is 1.98. The molecule has 1 heterocycles. The molecule has 1 N–H and O–H groups in total. The zero-order valence-corrected chi connectivity index (χ0v) is 10.3. The Morgan fingerprint density at radius 3 is 2.67 bits per heavy atom. The molecule has 15 heavy (non-hydrogen) atoms. The highest BCUT2D eigenvalue weighted by Crippen LogP contribution is 2.16. The number of nitrogens with one attached hydrogen (secondary N) is 1. The first kappa shape index (κ1) is 12.9. The molecular formula is C12H25NO2. The average Bonchev–Trinajstić information content (AvgIpc) is 2.30. The maximum Gasteiger partial charge on any atom is 0.0964 e. The van der Waals surface area contributed by atoms with E-state index >= 15 is 0 Å². The number of rotatable bonds is 6. The Bertz CT molecular complexity index is 158. The number of ether oxygens (including phenoxy) is 2. The standard InChI is InChI=1S/C12H25NO2/c1-4-6-13-12(10(3)5-2)11-9-14-7-8-15-11/h10-13H,4-9H2,1-3H3. The molecule has 1 rings (SSSR count). The van der Waals surface area contributed by atoms with Gasteiger partial charge in [-0.15, -0.1) is 0 Å². The average molecular weight is 215 g/mol. The smallest absolute Gasteiger partial charge is 0.0964 e. The number of hydrogen-bond acceptors (Lipinski definition) is 3. The van der Waals surface area contributed by atoms with Crippen molar-refractivity contribution in [3.05, 3.63) is 0 Å². The van der Waals surface area contributed by atoms with Crippen LogP contribution in [0.4, 0.5) is 0 Å². The van der Waals surface area contributed by atoms with E-state index in [1.807, 2.05) is 0 Å². The van der Waals surface area contributed by atoms with Gasteiger partial charge in [-0.05, 0) is 18.9 Å². The molecule has 1 aliphatic rings. The molecule has 0 aromatic rings. The van der Waals surface area contributed by atoms with Gasteiger partial charge in [0.2, 0.25) is 0 Å². The van der Waals surface area contributed by atoms with Crippen molar-refractivity contribution < 1.29 is 9.47 Å². The predicted octanol–water partition coefficient (Wildman–Crippen LogP) is 1.82. The Morgan fingerprint density at radius 1 is 1.33 bits per heavy atom. The lowest BCUT2D eigenvalue weighted by atomic mass is 9.94. The predicted molar refractivity (Wildman–Crippen MR) is 62.1 cm³/mol. The maximum absolute atomic E-state index is 5.77. The molecule has 3 heteroatoms. The fraction of sp³-hybridized carbons (Fsp3) is 1.00. The van der Waals surface area contributed by atoms with Crippen LogP contribution in [0.15, 0.2) is 0 Å². The summed E-state index contributed by atoms with van der Waals surface area (Å²) < 4.78 is 11.2. The molecule has 0 aliphatic carbocycles. The Morgan fingerprint density at radius 2 is 2.13 bits per heavy atom. The van der Waals surface area contributed by atoms with Crippen LogP contribution < -0.4 is 5.32 Å². The molecule has 0 radical (unpaired) electrons. The fourth-order valence-electron chi connectivity index (χ4n) is 1.98. The molecule has 0 saturated carbocycles. The normalized spacial score (nSPS) is 26.2. The van der Waals surface area contributed by atoms with Crippen molar-refractivity contribution in [2.45, 2.75) is 45.8 Å². The summed E-state index contributed by atoms with van der Waals surface area (Å²) in [6, 6.07) is 0.440. The van der Waals surface area contributed by atoms with Crippen molar-refractivity contribution in [1.82, 2.24) is 5.32 Å². The minimum atomic E-state index is 0.236. The van der Waals surface area contributed by atoms with Crippen LogP contribution in [-0.2, 0) is 9.47 Å². The van der Waals surface area contributed by atoms with Crippen LogP contribution in [0, 0.1) is 5.92 Å². The Balaban J connectivity index is 2.45. The molecule has 90 valence electrons. The van der Waals surface area contributed by atoms with Gasteiger partial charge in [-0.3, -0.25) is 0 Å². The van der Waals surface area contributed by atoms with Crippen LogP contribution in [0.3, 0.4) is 0 Å². The third kappa shape index (κ3) is 4.09. The minimum Gasteiger partial charge on any atom is -0.376 e. The van der Waals surface area contributed by atoms with Gasteiger partial charge in [-0.25, -0.2) is 0 Å². The monoisotopic (exact) mass is 215 g/mol. The van der Waals surface area contributed by atoms with Gasteiger partial charge >= 0.3 is 0 Å². The molecule has 0 aromatic heterocycles. The first-order chi connectivity index (χ1) is 7.29. The summed E-state index contributed by atoms with van der Waals surface area (Å²) in [5, 5.41) is 3.58. The molecule has 0 bridgehead atoms. The summed E-state index contributed by atoms with van der Waals surface area (Å²) in [4.78, 5) is 0. The first-order valence-corrected chi connectivity index (χ1v) is 6.22. The van der Waals surface area contributed by atoms with E-state index in [4.69, 9.17) is 9.47 Å². The molecular weight excluding hydrogens is 190 g/mol. The van der Waals surface area contributed by atoms with Crippen LogP contribution in [-0.4, -0.2) is 38.5 Å². The van der Waals surface area contributed by atoms with Gasteiger partial charge in [0.15, 0.2) is 0 Å². The second-order valence-electron chi connectivity index (χ2n) is 4.35. The van der Waals surface area contributed by atoms with Crippen molar-refractivity contribution in [3.8, 4) is 0 Å². The zero-order valence-electron chi connectivity index (χ0n) is 10.3. The third-order valence-electron chi connectivity index (χ3n) is 3.13. The SMILES string of the molecule is CCCNC(C(C)CC)C1COCCO1. The molecule has 1 saturated heterocycles. The number of hydrogen-bond donors (Lipinski definition) is 1. The summed E-state index contributed by atoms with van der Waals surface area (Å²) in [6.07, 6.45) is 2.59. The van der Waals surface area contributed by atoms with Gasteiger partial charge in [0.05, 0.1) is 25.9 Å². The van der Waals surface area contributed by atoms with Crippen LogP contribution in [0.25, 0.3) is 0 Å². The van der Waals surface area contributed by atoms with Crippen LogP contribution in [0.2, 0.25) is 0 Å². The molecule has 0 amide bonds. The lowest BCUT2D eigenvalue weighted by Crippen LogP contribution is -2.50. The van der Waals surface area contributed by atoms with Gasteiger partial charge in [0.25, 0.3) is 0 Å². The zero-order chi connectivity index (χ0) is 11.1.